The van der Waals surface area contributed by atoms with Gasteiger partial charge in [-0.05, 0) is 56.0 Å². The van der Waals surface area contributed by atoms with Gasteiger partial charge in [-0.2, -0.15) is 0 Å². The molecule has 4 heterocycles. The van der Waals surface area contributed by atoms with E-state index in [1.807, 2.05) is 13.0 Å². The molecule has 43 heavy (non-hydrogen) atoms. The lowest BCUT2D eigenvalue weighted by atomic mass is 9.97. The number of hydrogen-bond donors (Lipinski definition) is 2. The normalized spacial score (nSPS) is 26.6. The summed E-state index contributed by atoms with van der Waals surface area (Å²) in [5.41, 5.74) is 1.15. The third kappa shape index (κ3) is 6.77. The lowest BCUT2D eigenvalue weighted by Crippen LogP contribution is -2.66. The number of aliphatic hydroxyl groups is 1. The van der Waals surface area contributed by atoms with Crippen LogP contribution in [0.15, 0.2) is 36.5 Å². The number of morpholine rings is 1. The van der Waals surface area contributed by atoms with Gasteiger partial charge in [0.1, 0.15) is 23.7 Å². The summed E-state index contributed by atoms with van der Waals surface area (Å²) in [5.74, 6) is -0.231. The Morgan fingerprint density at radius 3 is 2.60 bits per heavy atom. The molecule has 0 saturated carbocycles. The highest BCUT2D eigenvalue weighted by atomic mass is 19.1. The van der Waals surface area contributed by atoms with Gasteiger partial charge >= 0.3 is 6.09 Å². The predicted octanol–water partition coefficient (Wildman–Crippen LogP) is 2.45. The summed E-state index contributed by atoms with van der Waals surface area (Å²) in [5, 5.41) is 20.3. The molecule has 2 aromatic rings. The second-order valence-corrected chi connectivity index (χ2v) is 12.1. The molecule has 4 atom stereocenters. The van der Waals surface area contributed by atoms with Gasteiger partial charge in [0.25, 0.3) is 0 Å². The first-order chi connectivity index (χ1) is 20.6. The van der Waals surface area contributed by atoms with Crippen LogP contribution in [0.5, 0.6) is 5.88 Å². The number of halogens is 1. The van der Waals surface area contributed by atoms with Crippen LogP contribution in [0.2, 0.25) is 0 Å². The average molecular weight is 600 g/mol. The Bertz CT molecular complexity index is 1300. The molecular formula is C31H42FN5O6. The Morgan fingerprint density at radius 1 is 1.14 bits per heavy atom. The van der Waals surface area contributed by atoms with Gasteiger partial charge in [0, 0.05) is 50.5 Å². The summed E-state index contributed by atoms with van der Waals surface area (Å²) in [6.07, 6.45) is 2.11. The van der Waals surface area contributed by atoms with Crippen LogP contribution >= 0.6 is 0 Å². The van der Waals surface area contributed by atoms with Crippen molar-refractivity contribution in [2.75, 3.05) is 64.1 Å². The van der Waals surface area contributed by atoms with Gasteiger partial charge in [0.15, 0.2) is 0 Å². The van der Waals surface area contributed by atoms with Gasteiger partial charge < -0.3 is 24.6 Å². The van der Waals surface area contributed by atoms with E-state index in [9.17, 15) is 24.2 Å². The van der Waals surface area contributed by atoms with Crippen molar-refractivity contribution in [3.63, 3.8) is 0 Å². The molecule has 0 spiro atoms. The third-order valence-electron chi connectivity index (χ3n) is 8.91. The summed E-state index contributed by atoms with van der Waals surface area (Å²) < 4.78 is 25.0. The van der Waals surface area contributed by atoms with Crippen molar-refractivity contribution >= 4 is 17.7 Å². The van der Waals surface area contributed by atoms with E-state index < -0.39 is 11.6 Å². The summed E-state index contributed by atoms with van der Waals surface area (Å²) >= 11 is 0. The molecule has 0 bridgehead atoms. The minimum Gasteiger partial charge on any atom is -0.474 e. The molecule has 2 N–H and O–H groups in total. The molecule has 12 heteroatoms. The number of amides is 2. The molecule has 2 amide bonds. The number of benzene rings is 1. The number of pyridine rings is 1. The molecule has 5 rings (SSSR count). The van der Waals surface area contributed by atoms with E-state index in [2.05, 4.69) is 21.7 Å². The molecule has 1 aromatic carbocycles. The minimum absolute atomic E-state index is 0.0425. The summed E-state index contributed by atoms with van der Waals surface area (Å²) in [4.78, 5) is 38.3. The summed E-state index contributed by atoms with van der Waals surface area (Å²) in [6, 6.07) is 7.82. The molecule has 234 valence electrons. The van der Waals surface area contributed by atoms with Crippen molar-refractivity contribution in [1.82, 2.24) is 19.7 Å². The smallest absolute Gasteiger partial charge is 0.407 e. The van der Waals surface area contributed by atoms with Gasteiger partial charge in [-0.15, -0.1) is 0 Å². The first-order valence-electron chi connectivity index (χ1n) is 15.0. The van der Waals surface area contributed by atoms with E-state index >= 15 is 0 Å². The zero-order valence-corrected chi connectivity index (χ0v) is 25.1. The molecule has 3 aliphatic rings. The number of carboxylic acid groups (broad SMARTS) is 1. The Morgan fingerprint density at radius 2 is 1.91 bits per heavy atom. The Hall–Kier alpha value is -3.32. The topological polar surface area (TPSA) is 119 Å². The van der Waals surface area contributed by atoms with Crippen LogP contribution < -0.4 is 9.64 Å². The third-order valence-corrected chi connectivity index (χ3v) is 8.91. The largest absolute Gasteiger partial charge is 0.474 e. The maximum Gasteiger partial charge on any atom is 0.407 e. The van der Waals surface area contributed by atoms with Gasteiger partial charge in [-0.3, -0.25) is 19.5 Å². The number of piperazine rings is 1. The van der Waals surface area contributed by atoms with Crippen molar-refractivity contribution < 1.29 is 33.7 Å². The second-order valence-electron chi connectivity index (χ2n) is 12.1. The van der Waals surface area contributed by atoms with Crippen LogP contribution in [0, 0.1) is 5.82 Å². The highest BCUT2D eigenvalue weighted by Crippen LogP contribution is 2.38. The van der Waals surface area contributed by atoms with Gasteiger partial charge in [-0.25, -0.2) is 14.2 Å². The molecule has 3 aliphatic heterocycles. The number of carbonyl (C=O) groups excluding carboxylic acids is 1. The number of nitrogens with zero attached hydrogens (tertiary/aromatic N) is 5. The number of aliphatic hydroxyl groups excluding tert-OH is 1. The Kier molecular flexibility index (Phi) is 9.50. The quantitative estimate of drug-likeness (QED) is 0.472. The fraction of sp³-hybridized carbons (Fsp3) is 0.581. The van der Waals surface area contributed by atoms with E-state index in [4.69, 9.17) is 9.47 Å². The van der Waals surface area contributed by atoms with Crippen molar-refractivity contribution in [2.45, 2.75) is 57.3 Å². The average Bonchev–Trinajstić information content (AvgIpc) is 2.99. The van der Waals surface area contributed by atoms with Crippen LogP contribution in [-0.4, -0.2) is 125 Å². The number of carbonyl (C=O) groups is 2. The van der Waals surface area contributed by atoms with Crippen LogP contribution in [0.3, 0.4) is 0 Å². The van der Waals surface area contributed by atoms with Crippen molar-refractivity contribution in [1.29, 1.82) is 0 Å². The number of aromatic nitrogens is 1. The second kappa shape index (κ2) is 13.1. The van der Waals surface area contributed by atoms with Crippen molar-refractivity contribution in [3.05, 3.63) is 53.5 Å². The maximum atomic E-state index is 14.3. The van der Waals surface area contributed by atoms with Crippen molar-refractivity contribution in [2.24, 2.45) is 0 Å². The molecule has 0 radical (unpaired) electrons. The predicted molar refractivity (Wildman–Crippen MR) is 158 cm³/mol. The molecule has 2 fully saturated rings. The zero-order valence-electron chi connectivity index (χ0n) is 25.1. The molecule has 11 nitrogen and oxygen atoms in total. The Labute approximate surface area is 251 Å². The van der Waals surface area contributed by atoms with E-state index in [-0.39, 0.29) is 56.2 Å². The summed E-state index contributed by atoms with van der Waals surface area (Å²) in [6.45, 7) is 8.86. The van der Waals surface area contributed by atoms with E-state index in [0.717, 1.165) is 24.1 Å². The maximum absolute atomic E-state index is 14.3. The van der Waals surface area contributed by atoms with Gasteiger partial charge in [0.2, 0.25) is 11.8 Å². The number of ether oxygens (including phenoxy) is 2. The Balaban J connectivity index is 1.41. The van der Waals surface area contributed by atoms with Gasteiger partial charge in [-0.1, -0.05) is 19.1 Å². The molecule has 0 aliphatic carbocycles. The first kappa shape index (κ1) is 31.1. The van der Waals surface area contributed by atoms with E-state index in [0.29, 0.717) is 44.3 Å². The van der Waals surface area contributed by atoms with Crippen molar-refractivity contribution in [3.8, 4) is 5.88 Å². The molecule has 1 aromatic heterocycles. The zero-order chi connectivity index (χ0) is 30.7. The van der Waals surface area contributed by atoms with Crippen LogP contribution in [0.1, 0.15) is 38.3 Å². The molecule has 0 unspecified atom stereocenters. The van der Waals surface area contributed by atoms with E-state index in [1.54, 1.807) is 30.2 Å². The molecular weight excluding hydrogens is 557 g/mol. The number of rotatable bonds is 8. The summed E-state index contributed by atoms with van der Waals surface area (Å²) in [7, 11) is 0. The standard InChI is InChI=1S/C31H42FN5O6/c1-4-25-18-42-10-9-34(25)15-26-16-36(30(40)41)21(2)14-35(26)17-28(39)37-27-12-23(11-22-5-7-24(32)8-6-22)13-33-29(27)43-20-31(37,3)19-38/h5-8,12-13,21,25-26,38H,4,9-11,14-20H2,1-3H3,(H,40,41)/t21-,25-,26+,31+/m1/s1. The first-order valence-corrected chi connectivity index (χ1v) is 15.0. The van der Waals surface area contributed by atoms with Crippen LogP contribution in [0.25, 0.3) is 0 Å². The van der Waals surface area contributed by atoms with Gasteiger partial charge in [0.05, 0.1) is 26.4 Å². The van der Waals surface area contributed by atoms with Crippen LogP contribution in [0.4, 0.5) is 14.9 Å². The highest BCUT2D eigenvalue weighted by Gasteiger charge is 2.44. The number of hydrogen-bond acceptors (Lipinski definition) is 8. The minimum atomic E-state index is -1.03. The lowest BCUT2D eigenvalue weighted by molar-refractivity contribution is -0.124. The molecule has 2 saturated heterocycles. The fourth-order valence-electron chi connectivity index (χ4n) is 6.38. The van der Waals surface area contributed by atoms with E-state index in [1.165, 1.54) is 17.0 Å². The SMILES string of the molecule is CC[C@@H]1COCCN1C[C@H]1CN(C(=O)O)[C@H](C)CN1CC(=O)N1c2cc(Cc3ccc(F)cc3)cnc2OC[C@]1(C)CO. The number of anilines is 1. The lowest BCUT2D eigenvalue weighted by Gasteiger charge is -2.48. The fourth-order valence-corrected chi connectivity index (χ4v) is 6.38. The highest BCUT2D eigenvalue weighted by molar-refractivity contribution is 5.98. The van der Waals surface area contributed by atoms with Crippen LogP contribution in [-0.2, 0) is 16.0 Å². The monoisotopic (exact) mass is 599 g/mol. The number of fused-ring (bicyclic) bond motifs is 1.